The quantitative estimate of drug-likeness (QED) is 0.775. The van der Waals surface area contributed by atoms with Crippen LogP contribution in [0.3, 0.4) is 0 Å². The van der Waals surface area contributed by atoms with E-state index in [1.807, 2.05) is 36.2 Å². The number of amides is 1. The van der Waals surface area contributed by atoms with Gasteiger partial charge in [-0.05, 0) is 55.5 Å². The molecule has 4 nitrogen and oxygen atoms in total. The summed E-state index contributed by atoms with van der Waals surface area (Å²) in [5.41, 5.74) is 2.29. The van der Waals surface area contributed by atoms with Crippen molar-refractivity contribution in [1.29, 1.82) is 0 Å². The van der Waals surface area contributed by atoms with E-state index in [0.29, 0.717) is 5.92 Å². The van der Waals surface area contributed by atoms with Crippen LogP contribution in [0.5, 0.6) is 0 Å². The van der Waals surface area contributed by atoms with Gasteiger partial charge in [0.2, 0.25) is 0 Å². The minimum Gasteiger partial charge on any atom is -0.346 e. The molecule has 3 aromatic heterocycles. The first-order valence-corrected chi connectivity index (χ1v) is 8.82. The highest BCUT2D eigenvalue weighted by Gasteiger charge is 2.26. The summed E-state index contributed by atoms with van der Waals surface area (Å²) < 4.78 is 0. The van der Waals surface area contributed by atoms with E-state index in [9.17, 15) is 4.79 Å². The number of hydrogen-bond acceptors (Lipinski definition) is 3. The lowest BCUT2D eigenvalue weighted by Crippen LogP contribution is -2.37. The molecule has 0 bridgehead atoms. The molecule has 23 heavy (non-hydrogen) atoms. The van der Waals surface area contributed by atoms with Crippen molar-refractivity contribution in [3.05, 3.63) is 52.0 Å². The maximum atomic E-state index is 12.5. The molecule has 1 N–H and O–H groups in total. The Balaban J connectivity index is 1.48. The average Bonchev–Trinajstić information content (AvgIpc) is 3.21. The zero-order chi connectivity index (χ0) is 15.8. The van der Waals surface area contributed by atoms with Crippen LogP contribution in [0, 0.1) is 6.92 Å². The van der Waals surface area contributed by atoms with Gasteiger partial charge in [-0.1, -0.05) is 0 Å². The van der Waals surface area contributed by atoms with Gasteiger partial charge in [-0.2, -0.15) is 0 Å². The van der Waals surface area contributed by atoms with E-state index in [1.165, 1.54) is 15.8 Å². The molecule has 1 amide bonds. The third kappa shape index (κ3) is 2.65. The third-order valence-electron chi connectivity index (χ3n) is 4.66. The van der Waals surface area contributed by atoms with E-state index in [1.54, 1.807) is 11.3 Å². The van der Waals surface area contributed by atoms with Crippen LogP contribution in [0.4, 0.5) is 0 Å². The number of rotatable bonds is 2. The summed E-state index contributed by atoms with van der Waals surface area (Å²) in [5.74, 6) is 0.684. The molecule has 1 fully saturated rings. The molecule has 4 rings (SSSR count). The van der Waals surface area contributed by atoms with Crippen molar-refractivity contribution in [3.63, 3.8) is 0 Å². The van der Waals surface area contributed by atoms with Crippen LogP contribution >= 0.6 is 11.3 Å². The fraction of sp³-hybridized carbons (Fsp3) is 0.333. The van der Waals surface area contributed by atoms with Gasteiger partial charge in [0, 0.05) is 35.7 Å². The van der Waals surface area contributed by atoms with Crippen LogP contribution < -0.4 is 0 Å². The van der Waals surface area contributed by atoms with Gasteiger partial charge >= 0.3 is 0 Å². The van der Waals surface area contributed by atoms with Crippen molar-refractivity contribution >= 4 is 28.3 Å². The number of aromatic amines is 1. The number of pyridine rings is 1. The molecule has 1 aliphatic rings. The molecule has 5 heteroatoms. The van der Waals surface area contributed by atoms with Crippen LogP contribution in [0.1, 0.15) is 38.9 Å². The highest BCUT2D eigenvalue weighted by Crippen LogP contribution is 2.33. The molecule has 0 atom stereocenters. The second-order valence-electron chi connectivity index (χ2n) is 6.12. The SMILES string of the molecule is Cc1ccc(C(=O)N2CCC(c3c[nH]c4ncccc34)CC2)s1. The summed E-state index contributed by atoms with van der Waals surface area (Å²) in [6, 6.07) is 8.07. The van der Waals surface area contributed by atoms with Gasteiger partial charge in [0.05, 0.1) is 4.88 Å². The number of nitrogens with one attached hydrogen (secondary N) is 1. The Kier molecular flexibility index (Phi) is 3.65. The molecule has 118 valence electrons. The number of aryl methyl sites for hydroxylation is 1. The second kappa shape index (κ2) is 5.81. The Hall–Kier alpha value is -2.14. The lowest BCUT2D eigenvalue weighted by atomic mass is 9.89. The number of aromatic nitrogens is 2. The monoisotopic (exact) mass is 325 g/mol. The zero-order valence-electron chi connectivity index (χ0n) is 13.1. The smallest absolute Gasteiger partial charge is 0.263 e. The van der Waals surface area contributed by atoms with Crippen LogP contribution in [-0.2, 0) is 0 Å². The van der Waals surface area contributed by atoms with Crippen molar-refractivity contribution in [2.45, 2.75) is 25.7 Å². The number of nitrogens with zero attached hydrogens (tertiary/aromatic N) is 2. The van der Waals surface area contributed by atoms with Crippen LogP contribution in [0.15, 0.2) is 36.7 Å². The van der Waals surface area contributed by atoms with Crippen LogP contribution in [0.25, 0.3) is 11.0 Å². The minimum absolute atomic E-state index is 0.183. The van der Waals surface area contributed by atoms with E-state index in [-0.39, 0.29) is 5.91 Å². The molecule has 0 radical (unpaired) electrons. The van der Waals surface area contributed by atoms with Crippen LogP contribution in [0.2, 0.25) is 0 Å². The Morgan fingerprint density at radius 3 is 2.87 bits per heavy atom. The molecule has 0 unspecified atom stereocenters. The van der Waals surface area contributed by atoms with Crippen molar-refractivity contribution in [2.75, 3.05) is 13.1 Å². The average molecular weight is 325 g/mol. The predicted molar refractivity (Wildman–Crippen MR) is 93.0 cm³/mol. The first kappa shape index (κ1) is 14.5. The fourth-order valence-electron chi connectivity index (χ4n) is 3.41. The van der Waals surface area contributed by atoms with Gasteiger partial charge in [-0.3, -0.25) is 4.79 Å². The van der Waals surface area contributed by atoms with Crippen molar-refractivity contribution in [1.82, 2.24) is 14.9 Å². The van der Waals surface area contributed by atoms with Crippen LogP contribution in [-0.4, -0.2) is 33.9 Å². The van der Waals surface area contributed by atoms with E-state index in [4.69, 9.17) is 0 Å². The number of carbonyl (C=O) groups excluding carboxylic acids is 1. The molecule has 0 aromatic carbocycles. The fourth-order valence-corrected chi connectivity index (χ4v) is 4.25. The molecule has 0 spiro atoms. The highest BCUT2D eigenvalue weighted by molar-refractivity contribution is 7.13. The first-order chi connectivity index (χ1) is 11.2. The topological polar surface area (TPSA) is 49.0 Å². The molecule has 4 heterocycles. The largest absolute Gasteiger partial charge is 0.346 e. The molecule has 0 saturated carbocycles. The number of likely N-dealkylation sites (tertiary alicyclic amines) is 1. The van der Waals surface area contributed by atoms with Crippen molar-refractivity contribution in [2.24, 2.45) is 0 Å². The number of fused-ring (bicyclic) bond motifs is 1. The lowest BCUT2D eigenvalue weighted by molar-refractivity contribution is 0.0718. The summed E-state index contributed by atoms with van der Waals surface area (Å²) in [6.45, 7) is 3.69. The Morgan fingerprint density at radius 1 is 1.30 bits per heavy atom. The molecule has 1 aliphatic heterocycles. The number of thiophene rings is 1. The number of carbonyl (C=O) groups is 1. The van der Waals surface area contributed by atoms with E-state index < -0.39 is 0 Å². The maximum absolute atomic E-state index is 12.5. The first-order valence-electron chi connectivity index (χ1n) is 8.00. The lowest BCUT2D eigenvalue weighted by Gasteiger charge is -2.31. The number of piperidine rings is 1. The Labute approximate surface area is 139 Å². The van der Waals surface area contributed by atoms with Crippen molar-refractivity contribution < 1.29 is 4.79 Å². The summed E-state index contributed by atoms with van der Waals surface area (Å²) in [4.78, 5) is 24.2. The van der Waals surface area contributed by atoms with Gasteiger partial charge in [-0.25, -0.2) is 4.98 Å². The molecule has 0 aliphatic carbocycles. The predicted octanol–water partition coefficient (Wildman–Crippen LogP) is 3.95. The van der Waals surface area contributed by atoms with Gasteiger partial charge in [0.15, 0.2) is 0 Å². The normalized spacial score (nSPS) is 16.1. The Bertz CT molecular complexity index is 843. The summed E-state index contributed by atoms with van der Waals surface area (Å²) >= 11 is 1.59. The molecular weight excluding hydrogens is 306 g/mol. The molecule has 1 saturated heterocycles. The van der Waals surface area contributed by atoms with Crippen molar-refractivity contribution in [3.8, 4) is 0 Å². The summed E-state index contributed by atoms with van der Waals surface area (Å²) in [5, 5.41) is 1.21. The van der Waals surface area contributed by atoms with Gasteiger partial charge in [-0.15, -0.1) is 11.3 Å². The van der Waals surface area contributed by atoms with E-state index in [0.717, 1.165) is 36.5 Å². The molecular formula is C18H19N3OS. The summed E-state index contributed by atoms with van der Waals surface area (Å²) in [6.07, 6.45) is 5.92. The second-order valence-corrected chi connectivity index (χ2v) is 7.41. The van der Waals surface area contributed by atoms with E-state index >= 15 is 0 Å². The summed E-state index contributed by atoms with van der Waals surface area (Å²) in [7, 11) is 0. The standard InChI is InChI=1S/C18H19N3OS/c1-12-4-5-16(23-12)18(22)21-9-6-13(7-10-21)15-11-20-17-14(15)3-2-8-19-17/h2-5,8,11,13H,6-7,9-10H2,1H3,(H,19,20). The minimum atomic E-state index is 0.183. The van der Waals surface area contributed by atoms with E-state index in [2.05, 4.69) is 22.2 Å². The molecule has 3 aromatic rings. The number of H-pyrrole nitrogens is 1. The third-order valence-corrected chi connectivity index (χ3v) is 5.64. The zero-order valence-corrected chi connectivity index (χ0v) is 13.9. The highest BCUT2D eigenvalue weighted by atomic mass is 32.1. The van der Waals surface area contributed by atoms with Gasteiger partial charge in [0.1, 0.15) is 5.65 Å². The maximum Gasteiger partial charge on any atom is 0.263 e. The number of hydrogen-bond donors (Lipinski definition) is 1. The van der Waals surface area contributed by atoms with Gasteiger partial charge in [0.25, 0.3) is 5.91 Å². The van der Waals surface area contributed by atoms with Gasteiger partial charge < -0.3 is 9.88 Å². The Morgan fingerprint density at radius 2 is 2.13 bits per heavy atom.